The minimum absolute atomic E-state index is 0.0719. The van der Waals surface area contributed by atoms with Crippen molar-refractivity contribution in [2.45, 2.75) is 96.3 Å². The van der Waals surface area contributed by atoms with Gasteiger partial charge in [-0.05, 0) is 236 Å². The Balaban J connectivity index is 0.634. The van der Waals surface area contributed by atoms with E-state index in [-0.39, 0.29) is 27.1 Å². The molecule has 14 aromatic carbocycles. The van der Waals surface area contributed by atoms with E-state index < -0.39 is 0 Å². The lowest BCUT2D eigenvalue weighted by Crippen LogP contribution is -2.18. The van der Waals surface area contributed by atoms with Gasteiger partial charge in [0.05, 0.1) is 5.69 Å². The van der Waals surface area contributed by atoms with Crippen molar-refractivity contribution in [3.63, 3.8) is 0 Å². The van der Waals surface area contributed by atoms with Gasteiger partial charge in [0.25, 0.3) is 0 Å². The predicted molar refractivity (Wildman–Crippen MR) is 427 cm³/mol. The maximum absolute atomic E-state index is 6.89. The van der Waals surface area contributed by atoms with Crippen molar-refractivity contribution in [1.82, 2.24) is 0 Å². The number of para-hydroxylation sites is 3. The summed E-state index contributed by atoms with van der Waals surface area (Å²) in [6, 6.07) is 110. The number of hydrogen-bond acceptors (Lipinski definition) is 3. The van der Waals surface area contributed by atoms with Crippen molar-refractivity contribution in [3.8, 4) is 89.0 Å². The van der Waals surface area contributed by atoms with E-state index in [4.69, 9.17) is 4.42 Å². The molecule has 102 heavy (non-hydrogen) atoms. The first-order valence-electron chi connectivity index (χ1n) is 36.4. The topological polar surface area (TPSA) is 19.6 Å². The lowest BCUT2D eigenvalue weighted by molar-refractivity contribution is 0.639. The summed E-state index contributed by atoms with van der Waals surface area (Å²) in [5.41, 5.74) is 41.9. The van der Waals surface area contributed by atoms with Gasteiger partial charge in [-0.25, -0.2) is 0 Å². The quantitative estimate of drug-likeness (QED) is 0.144. The van der Waals surface area contributed by atoms with Crippen LogP contribution in [0.15, 0.2) is 296 Å². The van der Waals surface area contributed by atoms with Gasteiger partial charge in [-0.2, -0.15) is 0 Å². The molecule has 0 bridgehead atoms. The van der Waals surface area contributed by atoms with E-state index in [9.17, 15) is 0 Å². The maximum Gasteiger partial charge on any atom is 0.137 e. The first-order valence-corrected chi connectivity index (χ1v) is 36.4. The van der Waals surface area contributed by atoms with E-state index in [1.807, 2.05) is 0 Å². The molecule has 0 N–H and O–H groups in total. The fourth-order valence-electron chi connectivity index (χ4n) is 19.3. The van der Waals surface area contributed by atoms with Gasteiger partial charge in [0.2, 0.25) is 0 Å². The highest BCUT2D eigenvalue weighted by Gasteiger charge is 2.45. The van der Waals surface area contributed by atoms with Crippen molar-refractivity contribution < 1.29 is 4.42 Å². The van der Waals surface area contributed by atoms with Crippen LogP contribution in [0.1, 0.15) is 125 Å². The Morgan fingerprint density at radius 1 is 0.206 bits per heavy atom. The van der Waals surface area contributed by atoms with Crippen LogP contribution in [0.4, 0.5) is 34.1 Å². The number of nitrogens with zero attached hydrogens (tertiary/aromatic N) is 2. The van der Waals surface area contributed by atoms with Crippen molar-refractivity contribution in [3.05, 3.63) is 347 Å². The average molecular weight is 1310 g/mol. The summed E-state index contributed by atoms with van der Waals surface area (Å²) >= 11 is 0. The van der Waals surface area contributed by atoms with Gasteiger partial charge in [0, 0.05) is 77.9 Å². The molecule has 0 amide bonds. The largest absolute Gasteiger partial charge is 0.456 e. The monoisotopic (exact) mass is 1310 g/mol. The zero-order valence-corrected chi connectivity index (χ0v) is 59.5. The number of hydrogen-bond donors (Lipinski definition) is 0. The van der Waals surface area contributed by atoms with Crippen molar-refractivity contribution in [1.29, 1.82) is 0 Å². The molecule has 0 fully saturated rings. The summed E-state index contributed by atoms with van der Waals surface area (Å²) in [6.45, 7) is 24.0. The van der Waals surface area contributed by atoms with Gasteiger partial charge >= 0.3 is 0 Å². The fourth-order valence-corrected chi connectivity index (χ4v) is 19.3. The third kappa shape index (κ3) is 8.43. The Morgan fingerprint density at radius 3 is 1.27 bits per heavy atom. The molecule has 3 nitrogen and oxygen atoms in total. The first kappa shape index (κ1) is 60.4. The Labute approximate surface area is 598 Å². The molecule has 0 saturated carbocycles. The zero-order valence-electron chi connectivity index (χ0n) is 59.5. The van der Waals surface area contributed by atoms with E-state index in [2.05, 4.69) is 370 Å². The molecular formula is C99H78N2O. The van der Waals surface area contributed by atoms with Gasteiger partial charge in [0.1, 0.15) is 11.2 Å². The van der Waals surface area contributed by atoms with Crippen LogP contribution in [0.2, 0.25) is 0 Å². The summed E-state index contributed by atoms with van der Waals surface area (Å²) < 4.78 is 6.89. The molecular weight excluding hydrogens is 1230 g/mol. The van der Waals surface area contributed by atoms with E-state index in [1.165, 1.54) is 139 Å². The standard InChI is InChI=1S/C99H78N2O/c1-95(2)80-37-20-17-32-68(80)75-55-78-88(57-86(75)95)97(5,6)82-39-24-35-67(93(78)82)61-26-23-31-64(50-61)100(62-27-13-11-14-28-62)66-45-48-73-77-51-59(43-49-91(77)102-92(73)54-66)60-42-46-70-71-47-44-65(53-85(71)99(9,10)84(70)52-60)101(63-29-15-12-16-30-63)90-41-22-19-34-72(90)74-36-25-40-83-94(74)79-56-76-69-33-18-21-38-81(69)96(3,4)87(76)58-89(79)98(83,7)8/h11-58H,1-10H3. The smallest absolute Gasteiger partial charge is 0.137 e. The molecule has 0 aliphatic heterocycles. The molecule has 490 valence electrons. The van der Waals surface area contributed by atoms with Crippen LogP contribution in [-0.2, 0) is 27.1 Å². The molecule has 5 aliphatic rings. The van der Waals surface area contributed by atoms with Crippen LogP contribution in [0.3, 0.4) is 0 Å². The molecule has 0 unspecified atom stereocenters. The Kier molecular flexibility index (Phi) is 12.6. The van der Waals surface area contributed by atoms with Gasteiger partial charge in [-0.15, -0.1) is 0 Å². The highest BCUT2D eigenvalue weighted by atomic mass is 16.3. The number of rotatable bonds is 9. The Bertz CT molecular complexity index is 6110. The Morgan fingerprint density at radius 2 is 0.627 bits per heavy atom. The molecule has 1 heterocycles. The van der Waals surface area contributed by atoms with Crippen LogP contribution in [0.25, 0.3) is 111 Å². The molecule has 0 radical (unpaired) electrons. The van der Waals surface area contributed by atoms with E-state index in [0.717, 1.165) is 61.6 Å². The molecule has 15 aromatic rings. The summed E-state index contributed by atoms with van der Waals surface area (Å²) in [7, 11) is 0. The van der Waals surface area contributed by atoms with Gasteiger partial charge < -0.3 is 14.2 Å². The minimum Gasteiger partial charge on any atom is -0.456 e. The second-order valence-corrected chi connectivity index (χ2v) is 32.0. The summed E-state index contributed by atoms with van der Waals surface area (Å²) in [5, 5.41) is 2.19. The summed E-state index contributed by atoms with van der Waals surface area (Å²) in [4.78, 5) is 4.87. The number of furan rings is 1. The van der Waals surface area contributed by atoms with E-state index in [0.29, 0.717) is 0 Å². The molecule has 3 heteroatoms. The van der Waals surface area contributed by atoms with Crippen molar-refractivity contribution >= 4 is 56.1 Å². The third-order valence-electron chi connectivity index (χ3n) is 24.6. The molecule has 5 aliphatic carbocycles. The number of benzene rings is 14. The van der Waals surface area contributed by atoms with Gasteiger partial charge in [-0.1, -0.05) is 257 Å². The average Bonchev–Trinajstić information content (AvgIpc) is 1.54. The second-order valence-electron chi connectivity index (χ2n) is 32.0. The molecule has 0 spiro atoms. The van der Waals surface area contributed by atoms with Crippen molar-refractivity contribution in [2.24, 2.45) is 0 Å². The lowest BCUT2D eigenvalue weighted by Gasteiger charge is -2.30. The predicted octanol–water partition coefficient (Wildman–Crippen LogP) is 27.1. The van der Waals surface area contributed by atoms with E-state index in [1.54, 1.807) is 0 Å². The minimum atomic E-state index is -0.302. The summed E-state index contributed by atoms with van der Waals surface area (Å²) in [6.07, 6.45) is 0. The number of anilines is 6. The molecule has 1 aromatic heterocycles. The molecule has 0 saturated heterocycles. The fraction of sp³-hybridized carbons (Fsp3) is 0.152. The SMILES string of the molecule is CC1(C)c2cc(-c3ccc4oc5cc(N(c6ccccc6)c6cccc(-c7cccc8c7-c7cc9c(cc7C8(C)C)C(C)(C)c7ccccc7-9)c6)ccc5c4c3)ccc2-c2ccc(N(c3ccccc3)c3ccccc3-c3cccc4c3-c3cc5c(cc3C4(C)C)C(C)(C)c3ccccc3-5)cc21. The zero-order chi connectivity index (χ0) is 69.1. The lowest BCUT2D eigenvalue weighted by atomic mass is 9.77. The number of fused-ring (bicyclic) bond motifs is 18. The molecule has 20 rings (SSSR count). The maximum atomic E-state index is 6.89. The first-order chi connectivity index (χ1) is 49.3. The van der Waals surface area contributed by atoms with Crippen LogP contribution >= 0.6 is 0 Å². The second kappa shape index (κ2) is 21.3. The van der Waals surface area contributed by atoms with Crippen LogP contribution in [-0.4, -0.2) is 0 Å². The molecule has 0 atom stereocenters. The van der Waals surface area contributed by atoms with E-state index >= 15 is 0 Å². The van der Waals surface area contributed by atoms with Gasteiger partial charge in [-0.3, -0.25) is 0 Å². The highest BCUT2D eigenvalue weighted by Crippen LogP contribution is 2.62. The van der Waals surface area contributed by atoms with Crippen LogP contribution in [0, 0.1) is 0 Å². The van der Waals surface area contributed by atoms with Crippen molar-refractivity contribution in [2.75, 3.05) is 9.80 Å². The van der Waals surface area contributed by atoms with Gasteiger partial charge in [0.15, 0.2) is 0 Å². The van der Waals surface area contributed by atoms with Crippen LogP contribution < -0.4 is 9.80 Å². The Hall–Kier alpha value is -11.5. The third-order valence-corrected chi connectivity index (χ3v) is 24.6. The normalized spacial score (nSPS) is 15.5. The highest BCUT2D eigenvalue weighted by molar-refractivity contribution is 6.08. The van der Waals surface area contributed by atoms with Crippen LogP contribution in [0.5, 0.6) is 0 Å². The summed E-state index contributed by atoms with van der Waals surface area (Å²) in [5.74, 6) is 0.